The van der Waals surface area contributed by atoms with Crippen LogP contribution in [0.3, 0.4) is 0 Å². The average molecular weight is 461 g/mol. The summed E-state index contributed by atoms with van der Waals surface area (Å²) in [4.78, 5) is 17.6. The van der Waals surface area contributed by atoms with Crippen LogP contribution in [0, 0.1) is 0 Å². The largest absolute Gasteiger partial charge is 0.482 e. The Morgan fingerprint density at radius 1 is 1.03 bits per heavy atom. The zero-order valence-electron chi connectivity index (χ0n) is 18.6. The molecule has 1 N–H and O–H groups in total. The Kier molecular flexibility index (Phi) is 6.67. The van der Waals surface area contributed by atoms with Gasteiger partial charge in [-0.05, 0) is 55.9 Å². The molecule has 1 fully saturated rings. The van der Waals surface area contributed by atoms with Crippen LogP contribution in [0.25, 0.3) is 11.3 Å². The number of benzene rings is 2. The zero-order valence-corrected chi connectivity index (χ0v) is 19.4. The van der Waals surface area contributed by atoms with Gasteiger partial charge in [-0.15, -0.1) is 11.3 Å². The summed E-state index contributed by atoms with van der Waals surface area (Å²) in [6.45, 7) is 0.770. The van der Waals surface area contributed by atoms with E-state index in [4.69, 9.17) is 14.8 Å². The average Bonchev–Trinajstić information content (AvgIpc) is 3.04. The molecule has 2 aliphatic rings. The van der Waals surface area contributed by atoms with Crippen molar-refractivity contribution in [2.24, 2.45) is 10.1 Å². The van der Waals surface area contributed by atoms with Crippen LogP contribution in [0.4, 0.5) is 5.69 Å². The van der Waals surface area contributed by atoms with Crippen LogP contribution in [-0.2, 0) is 11.2 Å². The second-order valence-corrected chi connectivity index (χ2v) is 9.30. The summed E-state index contributed by atoms with van der Waals surface area (Å²) >= 11 is 1.61. The first-order valence-electron chi connectivity index (χ1n) is 11.6. The van der Waals surface area contributed by atoms with E-state index in [-0.39, 0.29) is 12.5 Å². The number of anilines is 1. The number of ether oxygens (including phenoxy) is 1. The highest BCUT2D eigenvalue weighted by Gasteiger charge is 2.18. The van der Waals surface area contributed by atoms with Gasteiger partial charge in [0.25, 0.3) is 5.91 Å². The third-order valence-electron chi connectivity index (χ3n) is 6.01. The number of hydrogen-bond donors (Lipinski definition) is 1. The van der Waals surface area contributed by atoms with Gasteiger partial charge in [0.1, 0.15) is 5.75 Å². The summed E-state index contributed by atoms with van der Waals surface area (Å²) in [5, 5.41) is 10.1. The summed E-state index contributed by atoms with van der Waals surface area (Å²) in [7, 11) is 0. The van der Waals surface area contributed by atoms with E-state index in [1.54, 1.807) is 11.3 Å². The predicted octanol–water partition coefficient (Wildman–Crippen LogP) is 5.25. The first-order chi connectivity index (χ1) is 16.3. The monoisotopic (exact) mass is 460 g/mol. The Morgan fingerprint density at radius 2 is 1.85 bits per heavy atom. The van der Waals surface area contributed by atoms with Crippen LogP contribution in [0.2, 0.25) is 0 Å². The second kappa shape index (κ2) is 10.2. The molecule has 6 nitrogen and oxygen atoms in total. The molecule has 1 aliphatic carbocycles. The minimum Gasteiger partial charge on any atom is -0.482 e. The van der Waals surface area contributed by atoms with Gasteiger partial charge in [0.15, 0.2) is 6.61 Å². The smallest absolute Gasteiger partial charge is 0.262 e. The normalized spacial score (nSPS) is 16.5. The maximum atomic E-state index is 11.8. The van der Waals surface area contributed by atoms with E-state index in [1.807, 2.05) is 28.9 Å². The van der Waals surface area contributed by atoms with Gasteiger partial charge < -0.3 is 10.1 Å². The van der Waals surface area contributed by atoms with E-state index in [1.165, 1.54) is 37.0 Å². The molecule has 0 radical (unpaired) electrons. The molecular formula is C26H28N4O2S. The van der Waals surface area contributed by atoms with Crippen molar-refractivity contribution in [3.05, 3.63) is 64.3 Å². The molecule has 2 heterocycles. The van der Waals surface area contributed by atoms with Gasteiger partial charge in [0, 0.05) is 23.2 Å². The maximum absolute atomic E-state index is 11.8. The van der Waals surface area contributed by atoms with E-state index < -0.39 is 0 Å². The van der Waals surface area contributed by atoms with Gasteiger partial charge in [-0.3, -0.25) is 9.79 Å². The molecule has 0 bridgehead atoms. The van der Waals surface area contributed by atoms with Crippen molar-refractivity contribution in [1.82, 2.24) is 4.68 Å². The molecule has 1 aromatic heterocycles. The lowest BCUT2D eigenvalue weighted by molar-refractivity contribution is -0.118. The molecule has 7 heteroatoms. The third kappa shape index (κ3) is 5.25. The molecule has 1 aliphatic heterocycles. The van der Waals surface area contributed by atoms with Crippen molar-refractivity contribution >= 4 is 28.6 Å². The Morgan fingerprint density at radius 3 is 2.67 bits per heavy atom. The number of carbonyl (C=O) groups is 1. The Hall–Kier alpha value is -3.19. The first-order valence-corrected chi connectivity index (χ1v) is 12.5. The highest BCUT2D eigenvalue weighted by atomic mass is 32.1. The Labute approximate surface area is 197 Å². The minimum absolute atomic E-state index is 0.0584. The number of hydrogen-bond acceptors (Lipinski definition) is 5. The number of carbonyl (C=O) groups excluding carboxylic acids is 1. The summed E-state index contributed by atoms with van der Waals surface area (Å²) in [6, 6.07) is 16.3. The van der Waals surface area contributed by atoms with Gasteiger partial charge in [0.2, 0.25) is 4.80 Å². The van der Waals surface area contributed by atoms with Crippen molar-refractivity contribution < 1.29 is 9.53 Å². The van der Waals surface area contributed by atoms with E-state index in [9.17, 15) is 4.79 Å². The van der Waals surface area contributed by atoms with Crippen LogP contribution in [0.15, 0.2) is 64.0 Å². The lowest BCUT2D eigenvalue weighted by Crippen LogP contribution is -2.25. The van der Waals surface area contributed by atoms with Gasteiger partial charge in [-0.2, -0.15) is 5.10 Å². The van der Waals surface area contributed by atoms with E-state index in [2.05, 4.69) is 35.0 Å². The number of aromatic nitrogens is 1. The molecule has 170 valence electrons. The molecular weight excluding hydrogens is 432 g/mol. The number of amides is 1. The lowest BCUT2D eigenvalue weighted by Gasteiger charge is -2.18. The molecule has 2 aromatic carbocycles. The van der Waals surface area contributed by atoms with Crippen LogP contribution >= 0.6 is 11.3 Å². The summed E-state index contributed by atoms with van der Waals surface area (Å²) in [5.74, 6) is 0.566. The van der Waals surface area contributed by atoms with Crippen molar-refractivity contribution in [2.75, 3.05) is 18.5 Å². The fourth-order valence-corrected chi connectivity index (χ4v) is 5.11. The molecule has 0 atom stereocenters. The molecule has 5 rings (SSSR count). The van der Waals surface area contributed by atoms with Gasteiger partial charge in [-0.1, -0.05) is 43.2 Å². The van der Waals surface area contributed by atoms with Crippen LogP contribution in [0.1, 0.15) is 44.1 Å². The fraction of sp³-hybridized carbons (Fsp3) is 0.346. The lowest BCUT2D eigenvalue weighted by atomic mass is 10.1. The van der Waals surface area contributed by atoms with Gasteiger partial charge >= 0.3 is 0 Å². The van der Waals surface area contributed by atoms with Crippen LogP contribution < -0.4 is 14.9 Å². The highest BCUT2D eigenvalue weighted by molar-refractivity contribution is 7.07. The summed E-state index contributed by atoms with van der Waals surface area (Å²) < 4.78 is 7.53. The van der Waals surface area contributed by atoms with E-state index in [0.29, 0.717) is 18.0 Å². The molecule has 0 saturated heterocycles. The SMILES string of the molecule is O=C1COc2ccc(-c3csc(=NCCc4ccccc4)n3N=C3CCCCCC3)cc2N1. The summed E-state index contributed by atoms with van der Waals surface area (Å²) in [6.07, 6.45) is 7.92. The molecule has 0 unspecified atom stereocenters. The molecule has 0 spiro atoms. The first kappa shape index (κ1) is 21.6. The van der Waals surface area contributed by atoms with Gasteiger partial charge in [-0.25, -0.2) is 4.68 Å². The second-order valence-electron chi connectivity index (χ2n) is 8.46. The topological polar surface area (TPSA) is 68.0 Å². The maximum Gasteiger partial charge on any atom is 0.262 e. The highest BCUT2D eigenvalue weighted by Crippen LogP contribution is 2.33. The molecule has 1 amide bonds. The molecule has 33 heavy (non-hydrogen) atoms. The molecule has 1 saturated carbocycles. The minimum atomic E-state index is -0.131. The Bertz CT molecular complexity index is 1220. The van der Waals surface area contributed by atoms with Crippen molar-refractivity contribution in [3.8, 4) is 17.0 Å². The van der Waals surface area contributed by atoms with Gasteiger partial charge in [0.05, 0.1) is 11.4 Å². The van der Waals surface area contributed by atoms with Crippen molar-refractivity contribution in [2.45, 2.75) is 44.9 Å². The summed E-state index contributed by atoms with van der Waals surface area (Å²) in [5.41, 5.74) is 5.19. The van der Waals surface area contributed by atoms with E-state index in [0.717, 1.165) is 35.3 Å². The molecule has 3 aromatic rings. The van der Waals surface area contributed by atoms with Crippen LogP contribution in [0.5, 0.6) is 5.75 Å². The number of nitrogens with zero attached hydrogens (tertiary/aromatic N) is 3. The Balaban J connectivity index is 1.51. The number of nitrogens with one attached hydrogen (secondary N) is 1. The fourth-order valence-electron chi connectivity index (χ4n) is 4.25. The van der Waals surface area contributed by atoms with Crippen molar-refractivity contribution in [1.29, 1.82) is 0 Å². The van der Waals surface area contributed by atoms with Crippen LogP contribution in [-0.4, -0.2) is 29.4 Å². The quantitative estimate of drug-likeness (QED) is 0.529. The third-order valence-corrected chi connectivity index (χ3v) is 6.86. The zero-order chi connectivity index (χ0) is 22.5. The number of thiazole rings is 1. The number of rotatable bonds is 5. The standard InChI is InChI=1S/C26H28N4O2S/c31-25-17-32-24-13-12-20(16-22(24)28-25)23-18-33-26(27-15-14-19-8-4-3-5-9-19)30(23)29-21-10-6-1-2-7-11-21/h3-5,8-9,12-13,16,18H,1-2,6-7,10-11,14-15,17H2,(H,28,31). The van der Waals surface area contributed by atoms with Crippen molar-refractivity contribution in [3.63, 3.8) is 0 Å². The van der Waals surface area contributed by atoms with E-state index >= 15 is 0 Å². The number of fused-ring (bicyclic) bond motifs is 1. The predicted molar refractivity (Wildman–Crippen MR) is 133 cm³/mol.